The Kier molecular flexibility index (Phi) is 5.93. The molecule has 2 aliphatic rings. The van der Waals surface area contributed by atoms with E-state index < -0.39 is 10.0 Å². The van der Waals surface area contributed by atoms with E-state index in [1.165, 1.54) is 21.9 Å². The summed E-state index contributed by atoms with van der Waals surface area (Å²) in [6.07, 6.45) is 3.97. The predicted molar refractivity (Wildman–Crippen MR) is 98.3 cm³/mol. The molecule has 2 amide bonds. The van der Waals surface area contributed by atoms with E-state index >= 15 is 0 Å². The number of nitrogens with zero attached hydrogens (tertiary/aromatic N) is 3. The fraction of sp³-hybridized carbons (Fsp3) is 0.688. The van der Waals surface area contributed by atoms with Crippen LogP contribution in [-0.2, 0) is 14.8 Å². The molecule has 144 valence electrons. The van der Waals surface area contributed by atoms with Crippen molar-refractivity contribution in [1.82, 2.24) is 19.5 Å². The number of aromatic nitrogens is 1. The van der Waals surface area contributed by atoms with E-state index in [2.05, 4.69) is 10.3 Å². The molecule has 2 heterocycles. The van der Waals surface area contributed by atoms with Gasteiger partial charge in [0, 0.05) is 37.6 Å². The van der Waals surface area contributed by atoms with Crippen molar-refractivity contribution in [2.45, 2.75) is 31.7 Å². The monoisotopic (exact) mass is 400 g/mol. The van der Waals surface area contributed by atoms with E-state index in [0.29, 0.717) is 51.1 Å². The number of carbonyl (C=O) groups is 2. The number of sulfonamides is 1. The predicted octanol–water partition coefficient (Wildman–Crippen LogP) is 0.536. The lowest BCUT2D eigenvalue weighted by Gasteiger charge is -2.30. The largest absolute Gasteiger partial charge is 0.354 e. The normalized spacial score (nSPS) is 26.0. The fourth-order valence-electron chi connectivity index (χ4n) is 3.83. The molecule has 0 radical (unpaired) electrons. The second-order valence-electron chi connectivity index (χ2n) is 6.79. The maximum atomic E-state index is 12.6. The Morgan fingerprint density at radius 3 is 2.77 bits per heavy atom. The summed E-state index contributed by atoms with van der Waals surface area (Å²) in [4.78, 5) is 30.8. The number of fused-ring (bicyclic) bond motifs is 1. The van der Waals surface area contributed by atoms with Gasteiger partial charge in [-0.05, 0) is 19.3 Å². The third-order valence-electron chi connectivity index (χ3n) is 5.04. The Morgan fingerprint density at radius 1 is 1.27 bits per heavy atom. The molecule has 26 heavy (non-hydrogen) atoms. The van der Waals surface area contributed by atoms with Gasteiger partial charge in [0.05, 0.1) is 17.7 Å². The van der Waals surface area contributed by atoms with Gasteiger partial charge in [0.25, 0.3) is 5.91 Å². The zero-order valence-corrected chi connectivity index (χ0v) is 16.4. The second kappa shape index (κ2) is 8.01. The van der Waals surface area contributed by atoms with Gasteiger partial charge in [0.15, 0.2) is 0 Å². The third-order valence-corrected chi connectivity index (χ3v) is 6.93. The van der Waals surface area contributed by atoms with Crippen LogP contribution in [0.25, 0.3) is 0 Å². The van der Waals surface area contributed by atoms with E-state index in [4.69, 9.17) is 0 Å². The maximum absolute atomic E-state index is 12.6. The van der Waals surface area contributed by atoms with Gasteiger partial charge in [-0.15, -0.1) is 11.3 Å². The van der Waals surface area contributed by atoms with Gasteiger partial charge in [-0.1, -0.05) is 6.42 Å². The van der Waals surface area contributed by atoms with Gasteiger partial charge in [-0.3, -0.25) is 9.59 Å². The van der Waals surface area contributed by atoms with Gasteiger partial charge in [0.2, 0.25) is 15.9 Å². The molecule has 0 bridgehead atoms. The van der Waals surface area contributed by atoms with Gasteiger partial charge < -0.3 is 10.2 Å². The number of hydrogen-bond donors (Lipinski definition) is 1. The molecule has 1 aliphatic heterocycles. The lowest BCUT2D eigenvalue weighted by molar-refractivity contribution is -0.125. The zero-order valence-electron chi connectivity index (χ0n) is 14.8. The molecule has 1 aliphatic carbocycles. The number of thiazole rings is 1. The Bertz CT molecular complexity index is 750. The SMILES string of the molecule is CS(=O)(=O)N1CCCN(C(=O)c2cscn2)CCNC(=O)[C@@H]2CCC[C@@H]21. The number of nitrogens with one attached hydrogen (secondary N) is 1. The molecule has 0 aromatic carbocycles. The van der Waals surface area contributed by atoms with E-state index in [1.54, 1.807) is 15.8 Å². The summed E-state index contributed by atoms with van der Waals surface area (Å²) in [6.45, 7) is 1.49. The Morgan fingerprint density at radius 2 is 2.08 bits per heavy atom. The first-order chi connectivity index (χ1) is 12.4. The van der Waals surface area contributed by atoms with E-state index in [-0.39, 0.29) is 23.8 Å². The molecular weight excluding hydrogens is 376 g/mol. The van der Waals surface area contributed by atoms with Gasteiger partial charge >= 0.3 is 0 Å². The van der Waals surface area contributed by atoms with E-state index in [0.717, 1.165) is 6.42 Å². The summed E-state index contributed by atoms with van der Waals surface area (Å²) in [5.41, 5.74) is 1.99. The van der Waals surface area contributed by atoms with Gasteiger partial charge in [0.1, 0.15) is 5.69 Å². The van der Waals surface area contributed by atoms with Crippen LogP contribution in [0, 0.1) is 5.92 Å². The average Bonchev–Trinajstić information content (AvgIpc) is 3.25. The van der Waals surface area contributed by atoms with Gasteiger partial charge in [-0.2, -0.15) is 4.31 Å². The molecule has 1 aromatic heterocycles. The van der Waals surface area contributed by atoms with Crippen LogP contribution in [0.4, 0.5) is 0 Å². The molecule has 1 aromatic rings. The highest BCUT2D eigenvalue weighted by Crippen LogP contribution is 2.32. The van der Waals surface area contributed by atoms with Crippen molar-refractivity contribution in [2.24, 2.45) is 5.92 Å². The lowest BCUT2D eigenvalue weighted by atomic mass is 10.0. The molecule has 3 rings (SSSR count). The van der Waals surface area contributed by atoms with Crippen LogP contribution in [0.3, 0.4) is 0 Å². The fourth-order valence-corrected chi connectivity index (χ4v) is 5.56. The number of carbonyl (C=O) groups excluding carboxylic acids is 2. The maximum Gasteiger partial charge on any atom is 0.273 e. The van der Waals surface area contributed by atoms with Crippen LogP contribution in [0.15, 0.2) is 10.9 Å². The van der Waals surface area contributed by atoms with Gasteiger partial charge in [-0.25, -0.2) is 13.4 Å². The summed E-state index contributed by atoms with van der Waals surface area (Å²) in [7, 11) is -3.42. The Labute approximate surface area is 157 Å². The summed E-state index contributed by atoms with van der Waals surface area (Å²) in [6, 6.07) is -0.286. The van der Waals surface area contributed by atoms with Crippen molar-refractivity contribution < 1.29 is 18.0 Å². The lowest BCUT2D eigenvalue weighted by Crippen LogP contribution is -2.47. The van der Waals surface area contributed by atoms with Crippen molar-refractivity contribution >= 4 is 33.2 Å². The molecule has 10 heteroatoms. The molecule has 1 saturated heterocycles. The first-order valence-corrected chi connectivity index (χ1v) is 11.6. The Hall–Kier alpha value is -1.52. The quantitative estimate of drug-likeness (QED) is 0.781. The first kappa shape index (κ1) is 19.2. The van der Waals surface area contributed by atoms with Crippen molar-refractivity contribution in [3.63, 3.8) is 0 Å². The minimum Gasteiger partial charge on any atom is -0.354 e. The van der Waals surface area contributed by atoms with Crippen LogP contribution < -0.4 is 5.32 Å². The van der Waals surface area contributed by atoms with Crippen molar-refractivity contribution in [2.75, 3.05) is 32.4 Å². The van der Waals surface area contributed by atoms with Crippen LogP contribution >= 0.6 is 11.3 Å². The standard InChI is InChI=1S/C16H24N4O4S2/c1-26(23,24)20-8-3-7-19(16(22)13-10-25-11-18-13)9-6-17-15(21)12-4-2-5-14(12)20/h10-12,14H,2-9H2,1H3,(H,17,21)/t12-,14+/m1/s1. The van der Waals surface area contributed by atoms with Crippen LogP contribution in [0.1, 0.15) is 36.2 Å². The highest BCUT2D eigenvalue weighted by Gasteiger charge is 2.40. The molecule has 1 saturated carbocycles. The summed E-state index contributed by atoms with van der Waals surface area (Å²) >= 11 is 1.35. The van der Waals surface area contributed by atoms with E-state index in [1.807, 2.05) is 0 Å². The van der Waals surface area contributed by atoms with Crippen molar-refractivity contribution in [3.05, 3.63) is 16.6 Å². The van der Waals surface area contributed by atoms with Crippen molar-refractivity contribution in [3.8, 4) is 0 Å². The van der Waals surface area contributed by atoms with Crippen LogP contribution in [0.2, 0.25) is 0 Å². The molecule has 2 fully saturated rings. The van der Waals surface area contributed by atoms with Crippen LogP contribution in [-0.4, -0.2) is 72.9 Å². The molecule has 0 unspecified atom stereocenters. The summed E-state index contributed by atoms with van der Waals surface area (Å²) in [5, 5.41) is 4.58. The number of hydrogen-bond acceptors (Lipinski definition) is 6. The van der Waals surface area contributed by atoms with Crippen molar-refractivity contribution in [1.29, 1.82) is 0 Å². The number of rotatable bonds is 2. The minimum absolute atomic E-state index is 0.121. The molecule has 8 nitrogen and oxygen atoms in total. The molecular formula is C16H24N4O4S2. The smallest absolute Gasteiger partial charge is 0.273 e. The third kappa shape index (κ3) is 4.24. The Balaban J connectivity index is 1.80. The molecule has 2 atom stereocenters. The second-order valence-corrected chi connectivity index (χ2v) is 9.44. The zero-order chi connectivity index (χ0) is 18.7. The molecule has 1 N–H and O–H groups in total. The van der Waals surface area contributed by atoms with Crippen LogP contribution in [0.5, 0.6) is 0 Å². The first-order valence-electron chi connectivity index (χ1n) is 8.80. The molecule has 0 spiro atoms. The summed E-state index contributed by atoms with van der Waals surface area (Å²) in [5.74, 6) is -0.625. The van der Waals surface area contributed by atoms with E-state index in [9.17, 15) is 18.0 Å². The highest BCUT2D eigenvalue weighted by molar-refractivity contribution is 7.88. The summed E-state index contributed by atoms with van der Waals surface area (Å²) < 4.78 is 26.0. The minimum atomic E-state index is -3.42. The highest BCUT2D eigenvalue weighted by atomic mass is 32.2. The number of amides is 2. The topological polar surface area (TPSA) is 99.7 Å². The average molecular weight is 401 g/mol.